The van der Waals surface area contributed by atoms with Crippen LogP contribution in [0.25, 0.3) is 5.76 Å². The Labute approximate surface area is 175 Å². The zero-order valence-corrected chi connectivity index (χ0v) is 17.2. The highest BCUT2D eigenvalue weighted by molar-refractivity contribution is 6.46. The first kappa shape index (κ1) is 20.0. The van der Waals surface area contributed by atoms with E-state index in [1.54, 1.807) is 25.3 Å². The molecular formula is C24H25NO5. The Morgan fingerprint density at radius 1 is 1.23 bits per heavy atom. The molecule has 0 spiro atoms. The van der Waals surface area contributed by atoms with Crippen LogP contribution >= 0.6 is 0 Å². The molecule has 1 saturated heterocycles. The van der Waals surface area contributed by atoms with Crippen molar-refractivity contribution in [2.24, 2.45) is 0 Å². The van der Waals surface area contributed by atoms with Gasteiger partial charge < -0.3 is 19.5 Å². The summed E-state index contributed by atoms with van der Waals surface area (Å²) in [5, 5.41) is 11.2. The first-order valence-corrected chi connectivity index (χ1v) is 10.2. The lowest BCUT2D eigenvalue weighted by atomic mass is 9.94. The number of aliphatic hydroxyl groups is 1. The number of carbonyl (C=O) groups excluding carboxylic acids is 2. The summed E-state index contributed by atoms with van der Waals surface area (Å²) < 4.78 is 11.0. The predicted molar refractivity (Wildman–Crippen MR) is 113 cm³/mol. The van der Waals surface area contributed by atoms with E-state index >= 15 is 0 Å². The quantitative estimate of drug-likeness (QED) is 0.463. The second-order valence-electron chi connectivity index (χ2n) is 7.54. The van der Waals surface area contributed by atoms with Crippen LogP contribution in [-0.2, 0) is 16.0 Å². The summed E-state index contributed by atoms with van der Waals surface area (Å²) in [5.41, 5.74) is 2.34. The Bertz CT molecular complexity index is 1030. The summed E-state index contributed by atoms with van der Waals surface area (Å²) in [6.07, 6.45) is 2.45. The van der Waals surface area contributed by atoms with Crippen molar-refractivity contribution >= 4 is 17.4 Å². The van der Waals surface area contributed by atoms with Crippen LogP contribution in [0.3, 0.4) is 0 Å². The van der Waals surface area contributed by atoms with Crippen LogP contribution in [-0.4, -0.2) is 42.0 Å². The normalized spacial score (nSPS) is 20.1. The molecule has 1 amide bonds. The first-order valence-electron chi connectivity index (χ1n) is 10.2. The summed E-state index contributed by atoms with van der Waals surface area (Å²) in [6.45, 7) is 3.04. The molecule has 6 nitrogen and oxygen atoms in total. The van der Waals surface area contributed by atoms with Gasteiger partial charge in [-0.25, -0.2) is 0 Å². The maximum absolute atomic E-state index is 13.0. The number of fused-ring (bicyclic) bond motifs is 1. The number of likely N-dealkylation sites (tertiary alicyclic amines) is 1. The van der Waals surface area contributed by atoms with E-state index < -0.39 is 17.7 Å². The van der Waals surface area contributed by atoms with E-state index in [0.29, 0.717) is 30.9 Å². The fourth-order valence-electron chi connectivity index (χ4n) is 4.17. The van der Waals surface area contributed by atoms with Gasteiger partial charge in [-0.05, 0) is 60.7 Å². The number of methoxy groups -OCH3 is 1. The molecule has 0 saturated carbocycles. The Hall–Kier alpha value is -3.28. The predicted octanol–water partition coefficient (Wildman–Crippen LogP) is 3.85. The number of rotatable bonds is 5. The van der Waals surface area contributed by atoms with Crippen LogP contribution in [0.4, 0.5) is 0 Å². The molecule has 1 N–H and O–H groups in total. The number of aryl methyl sites for hydroxylation is 1. The highest BCUT2D eigenvalue weighted by atomic mass is 16.5. The average molecular weight is 407 g/mol. The van der Waals surface area contributed by atoms with Gasteiger partial charge >= 0.3 is 0 Å². The molecule has 0 bridgehead atoms. The van der Waals surface area contributed by atoms with Crippen LogP contribution in [0.5, 0.6) is 11.5 Å². The van der Waals surface area contributed by atoms with Crippen molar-refractivity contribution < 1.29 is 24.2 Å². The van der Waals surface area contributed by atoms with Gasteiger partial charge in [-0.2, -0.15) is 0 Å². The summed E-state index contributed by atoms with van der Waals surface area (Å²) in [4.78, 5) is 27.3. The summed E-state index contributed by atoms with van der Waals surface area (Å²) in [6, 6.07) is 12.0. The minimum atomic E-state index is -0.664. The van der Waals surface area contributed by atoms with E-state index in [1.807, 2.05) is 31.2 Å². The van der Waals surface area contributed by atoms with Gasteiger partial charge in [0, 0.05) is 12.1 Å². The molecule has 4 rings (SSSR count). The lowest BCUT2D eigenvalue weighted by Gasteiger charge is -2.25. The summed E-state index contributed by atoms with van der Waals surface area (Å²) >= 11 is 0. The van der Waals surface area contributed by atoms with Gasteiger partial charge in [-0.15, -0.1) is 0 Å². The number of ketones is 1. The monoisotopic (exact) mass is 407 g/mol. The van der Waals surface area contributed by atoms with E-state index in [-0.39, 0.29) is 11.3 Å². The van der Waals surface area contributed by atoms with Crippen LogP contribution in [0, 0.1) is 0 Å². The van der Waals surface area contributed by atoms with E-state index in [4.69, 9.17) is 9.47 Å². The number of hydrogen-bond donors (Lipinski definition) is 1. The Balaban J connectivity index is 1.85. The van der Waals surface area contributed by atoms with Crippen molar-refractivity contribution in [3.05, 3.63) is 64.7 Å². The molecular weight excluding hydrogens is 382 g/mol. The fourth-order valence-corrected chi connectivity index (χ4v) is 4.17. The van der Waals surface area contributed by atoms with Crippen molar-refractivity contribution in [1.82, 2.24) is 4.90 Å². The van der Waals surface area contributed by atoms with Crippen LogP contribution in [0.1, 0.15) is 42.5 Å². The number of ether oxygens (including phenoxy) is 2. The highest BCUT2D eigenvalue weighted by Crippen LogP contribution is 2.41. The van der Waals surface area contributed by atoms with E-state index in [9.17, 15) is 14.7 Å². The number of hydrogen-bond acceptors (Lipinski definition) is 5. The van der Waals surface area contributed by atoms with Crippen molar-refractivity contribution in [3.63, 3.8) is 0 Å². The zero-order chi connectivity index (χ0) is 21.3. The zero-order valence-electron chi connectivity index (χ0n) is 17.2. The number of benzene rings is 2. The number of Topliss-reactive ketones (excluding diaryl/α,β-unsaturated/α-hetero) is 1. The van der Waals surface area contributed by atoms with Gasteiger partial charge in [0.1, 0.15) is 17.3 Å². The second kappa shape index (κ2) is 8.22. The molecule has 6 heteroatoms. The molecule has 0 aliphatic carbocycles. The third kappa shape index (κ3) is 3.43. The van der Waals surface area contributed by atoms with Crippen LogP contribution in [0.15, 0.2) is 48.0 Å². The summed E-state index contributed by atoms with van der Waals surface area (Å²) in [7, 11) is 1.57. The van der Waals surface area contributed by atoms with Gasteiger partial charge in [0.05, 0.1) is 25.3 Å². The Kier molecular flexibility index (Phi) is 5.48. The smallest absolute Gasteiger partial charge is 0.295 e. The van der Waals surface area contributed by atoms with E-state index in [2.05, 4.69) is 0 Å². The average Bonchev–Trinajstić information content (AvgIpc) is 3.03. The lowest BCUT2D eigenvalue weighted by Crippen LogP contribution is -2.30. The maximum atomic E-state index is 13.0. The van der Waals surface area contributed by atoms with Crippen molar-refractivity contribution in [2.75, 3.05) is 20.3 Å². The van der Waals surface area contributed by atoms with Gasteiger partial charge in [0.15, 0.2) is 0 Å². The van der Waals surface area contributed by atoms with Gasteiger partial charge in [0.25, 0.3) is 11.7 Å². The minimum Gasteiger partial charge on any atom is -0.507 e. The molecule has 2 aliphatic heterocycles. The molecule has 1 atom stereocenters. The van der Waals surface area contributed by atoms with Crippen LogP contribution < -0.4 is 9.47 Å². The van der Waals surface area contributed by atoms with Gasteiger partial charge in [0.2, 0.25) is 0 Å². The molecule has 2 heterocycles. The largest absolute Gasteiger partial charge is 0.507 e. The molecule has 1 unspecified atom stereocenters. The molecule has 0 aromatic heterocycles. The van der Waals surface area contributed by atoms with Crippen molar-refractivity contribution in [2.45, 2.75) is 32.2 Å². The molecule has 156 valence electrons. The lowest BCUT2D eigenvalue weighted by molar-refractivity contribution is -0.139. The molecule has 2 aromatic carbocycles. The van der Waals surface area contributed by atoms with E-state index in [0.717, 1.165) is 29.7 Å². The fraction of sp³-hybridized carbons (Fsp3) is 0.333. The topological polar surface area (TPSA) is 76.1 Å². The maximum Gasteiger partial charge on any atom is 0.295 e. The second-order valence-corrected chi connectivity index (χ2v) is 7.54. The molecule has 1 fully saturated rings. The third-order valence-electron chi connectivity index (χ3n) is 5.60. The third-order valence-corrected chi connectivity index (χ3v) is 5.60. The van der Waals surface area contributed by atoms with Crippen molar-refractivity contribution in [1.29, 1.82) is 0 Å². The number of carbonyl (C=O) groups is 2. The molecule has 30 heavy (non-hydrogen) atoms. The highest BCUT2D eigenvalue weighted by Gasteiger charge is 2.45. The SMILES string of the molecule is CCCN1C(=O)C(=O)/C(=C(\O)c2ccc3c(c2)CCCO3)C1c1cccc(OC)c1. The Morgan fingerprint density at radius 2 is 2.07 bits per heavy atom. The molecule has 0 radical (unpaired) electrons. The first-order chi connectivity index (χ1) is 14.5. The Morgan fingerprint density at radius 3 is 2.83 bits per heavy atom. The number of nitrogens with zero attached hydrogens (tertiary/aromatic N) is 1. The number of aliphatic hydroxyl groups excluding tert-OH is 1. The van der Waals surface area contributed by atoms with E-state index in [1.165, 1.54) is 4.90 Å². The van der Waals surface area contributed by atoms with Gasteiger partial charge in [-0.3, -0.25) is 9.59 Å². The molecule has 2 aliphatic rings. The molecule has 2 aromatic rings. The summed E-state index contributed by atoms with van der Waals surface area (Å²) in [5.74, 6) is 0.0116. The van der Waals surface area contributed by atoms with Gasteiger partial charge in [-0.1, -0.05) is 19.1 Å². The minimum absolute atomic E-state index is 0.110. The van der Waals surface area contributed by atoms with Crippen molar-refractivity contribution in [3.8, 4) is 11.5 Å². The standard InChI is InChI=1S/C24H25NO5/c1-3-11-25-21(16-6-4-8-18(14-16)29-2)20(23(27)24(25)28)22(26)17-9-10-19-15(13-17)7-5-12-30-19/h4,6,8-10,13-14,21,26H,3,5,7,11-12H2,1-2H3/b22-20-. The number of amides is 1. The van der Waals surface area contributed by atoms with Crippen LogP contribution in [0.2, 0.25) is 0 Å².